The average molecular weight is 294 g/mol. The Balaban J connectivity index is 1.67. The maximum absolute atomic E-state index is 12.2. The summed E-state index contributed by atoms with van der Waals surface area (Å²) in [5.41, 5.74) is 0.644. The molecule has 3 unspecified atom stereocenters. The molecule has 6 heteroatoms. The Kier molecular flexibility index (Phi) is 3.30. The van der Waals surface area contributed by atoms with Crippen LogP contribution in [0.4, 0.5) is 5.69 Å². The fourth-order valence-electron chi connectivity index (χ4n) is 3.13. The molecule has 2 aliphatic heterocycles. The number of anilines is 1. The van der Waals surface area contributed by atoms with E-state index in [9.17, 15) is 13.2 Å². The molecule has 3 atom stereocenters. The summed E-state index contributed by atoms with van der Waals surface area (Å²) in [6.45, 7) is 0. The summed E-state index contributed by atoms with van der Waals surface area (Å²) in [4.78, 5) is 12.5. The van der Waals surface area contributed by atoms with Gasteiger partial charge in [0.1, 0.15) is 0 Å². The molecule has 1 amide bonds. The highest BCUT2D eigenvalue weighted by molar-refractivity contribution is 7.90. The van der Waals surface area contributed by atoms with Crippen molar-refractivity contribution < 1.29 is 13.2 Å². The lowest BCUT2D eigenvalue weighted by Crippen LogP contribution is -2.32. The molecule has 0 aromatic heterocycles. The number of benzene rings is 1. The zero-order chi connectivity index (χ0) is 14.3. The van der Waals surface area contributed by atoms with Gasteiger partial charge in [0.25, 0.3) is 0 Å². The predicted molar refractivity (Wildman–Crippen MR) is 76.2 cm³/mol. The van der Waals surface area contributed by atoms with Crippen LogP contribution in [0.15, 0.2) is 29.2 Å². The second-order valence-electron chi connectivity index (χ2n) is 5.68. The van der Waals surface area contributed by atoms with Crippen LogP contribution in [-0.2, 0) is 14.6 Å². The minimum atomic E-state index is -3.19. The maximum atomic E-state index is 12.2. The first-order valence-corrected chi connectivity index (χ1v) is 8.69. The monoisotopic (exact) mass is 294 g/mol. The zero-order valence-electron chi connectivity index (χ0n) is 11.3. The van der Waals surface area contributed by atoms with E-state index in [1.807, 2.05) is 0 Å². The lowest BCUT2D eigenvalue weighted by atomic mass is 9.88. The fourth-order valence-corrected chi connectivity index (χ4v) is 3.76. The lowest BCUT2D eigenvalue weighted by molar-refractivity contribution is -0.120. The van der Waals surface area contributed by atoms with Gasteiger partial charge in [0.05, 0.1) is 10.8 Å². The molecule has 1 aromatic rings. The first kappa shape index (κ1) is 13.6. The van der Waals surface area contributed by atoms with Gasteiger partial charge < -0.3 is 10.6 Å². The van der Waals surface area contributed by atoms with Crippen LogP contribution >= 0.6 is 0 Å². The van der Waals surface area contributed by atoms with Crippen molar-refractivity contribution in [1.82, 2.24) is 5.32 Å². The summed E-state index contributed by atoms with van der Waals surface area (Å²) in [5.74, 6) is 0.0557. The van der Waals surface area contributed by atoms with Gasteiger partial charge in [0.2, 0.25) is 5.91 Å². The van der Waals surface area contributed by atoms with Crippen LogP contribution in [0.5, 0.6) is 0 Å². The second-order valence-corrected chi connectivity index (χ2v) is 7.69. The Morgan fingerprint density at radius 3 is 2.45 bits per heavy atom. The summed E-state index contributed by atoms with van der Waals surface area (Å²) in [5, 5.41) is 6.31. The van der Waals surface area contributed by atoms with Crippen LogP contribution in [0.1, 0.15) is 19.3 Å². The smallest absolute Gasteiger partial charge is 0.229 e. The molecule has 2 bridgehead atoms. The summed E-state index contributed by atoms with van der Waals surface area (Å²) >= 11 is 0. The number of fused-ring (bicyclic) bond motifs is 2. The van der Waals surface area contributed by atoms with Crippen LogP contribution in [0.25, 0.3) is 0 Å². The molecule has 3 rings (SSSR count). The highest BCUT2D eigenvalue weighted by Gasteiger charge is 2.42. The zero-order valence-corrected chi connectivity index (χ0v) is 12.1. The van der Waals surface area contributed by atoms with E-state index in [2.05, 4.69) is 10.6 Å². The fraction of sp³-hybridized carbons (Fsp3) is 0.500. The SMILES string of the molecule is CS(=O)(=O)c1ccc(NC(=O)C2CC3CCC2N3)cc1. The van der Waals surface area contributed by atoms with E-state index in [1.54, 1.807) is 12.1 Å². The van der Waals surface area contributed by atoms with Crippen molar-refractivity contribution in [2.24, 2.45) is 5.92 Å². The highest BCUT2D eigenvalue weighted by atomic mass is 32.2. The molecule has 2 N–H and O–H groups in total. The van der Waals surface area contributed by atoms with Crippen molar-refractivity contribution in [3.8, 4) is 0 Å². The van der Waals surface area contributed by atoms with E-state index in [-0.39, 0.29) is 16.7 Å². The minimum absolute atomic E-state index is 0.0248. The Morgan fingerprint density at radius 1 is 1.25 bits per heavy atom. The van der Waals surface area contributed by atoms with Crippen molar-refractivity contribution in [1.29, 1.82) is 0 Å². The lowest BCUT2D eigenvalue weighted by Gasteiger charge is -2.19. The number of sulfone groups is 1. The summed E-state index contributed by atoms with van der Waals surface area (Å²) in [6, 6.07) is 7.09. The molecule has 0 aliphatic carbocycles. The average Bonchev–Trinajstić information content (AvgIpc) is 3.00. The number of hydrogen-bond donors (Lipinski definition) is 2. The largest absolute Gasteiger partial charge is 0.326 e. The van der Waals surface area contributed by atoms with Crippen LogP contribution in [0, 0.1) is 5.92 Å². The molecule has 2 saturated heterocycles. The Hall–Kier alpha value is -1.40. The van der Waals surface area contributed by atoms with E-state index in [0.29, 0.717) is 17.8 Å². The number of nitrogens with one attached hydrogen (secondary N) is 2. The van der Waals surface area contributed by atoms with Crippen LogP contribution < -0.4 is 10.6 Å². The van der Waals surface area contributed by atoms with Crippen molar-refractivity contribution in [3.63, 3.8) is 0 Å². The van der Waals surface area contributed by atoms with Gasteiger partial charge in [-0.2, -0.15) is 0 Å². The topological polar surface area (TPSA) is 75.3 Å². The Morgan fingerprint density at radius 2 is 1.95 bits per heavy atom. The van der Waals surface area contributed by atoms with E-state index in [1.165, 1.54) is 18.4 Å². The van der Waals surface area contributed by atoms with Crippen LogP contribution in [-0.4, -0.2) is 32.7 Å². The molecule has 0 radical (unpaired) electrons. The molecule has 0 saturated carbocycles. The Bertz CT molecular complexity index is 624. The summed E-state index contributed by atoms with van der Waals surface area (Å²) < 4.78 is 22.7. The Labute approximate surface area is 118 Å². The number of hydrogen-bond acceptors (Lipinski definition) is 4. The van der Waals surface area contributed by atoms with Crippen molar-refractivity contribution in [2.45, 2.75) is 36.2 Å². The maximum Gasteiger partial charge on any atom is 0.229 e. The third-order valence-corrected chi connectivity index (χ3v) is 5.32. The molecule has 20 heavy (non-hydrogen) atoms. The molecule has 2 fully saturated rings. The standard InChI is InChI=1S/C14H18N2O3S/c1-20(18,19)11-5-2-9(3-6-11)16-14(17)12-8-10-4-7-13(12)15-10/h2-3,5-6,10,12-13,15H,4,7-8H2,1H3,(H,16,17). The molecule has 0 spiro atoms. The predicted octanol–water partition coefficient (Wildman–Crippen LogP) is 1.17. The van der Waals surface area contributed by atoms with E-state index in [0.717, 1.165) is 19.3 Å². The highest BCUT2D eigenvalue weighted by Crippen LogP contribution is 2.33. The molecule has 2 aliphatic rings. The molecular weight excluding hydrogens is 276 g/mol. The van der Waals surface area contributed by atoms with Gasteiger partial charge in [0, 0.05) is 24.0 Å². The van der Waals surface area contributed by atoms with E-state index >= 15 is 0 Å². The third-order valence-electron chi connectivity index (χ3n) is 4.19. The normalized spacial score (nSPS) is 28.6. The van der Waals surface area contributed by atoms with Crippen LogP contribution in [0.2, 0.25) is 0 Å². The number of carbonyl (C=O) groups excluding carboxylic acids is 1. The summed E-state index contributed by atoms with van der Waals surface area (Å²) in [7, 11) is -3.19. The first-order chi connectivity index (χ1) is 9.43. The molecular formula is C14H18N2O3S. The van der Waals surface area contributed by atoms with Gasteiger partial charge in [-0.05, 0) is 43.5 Å². The second kappa shape index (κ2) is 4.86. The third kappa shape index (κ3) is 2.58. The first-order valence-electron chi connectivity index (χ1n) is 6.80. The molecule has 108 valence electrons. The number of carbonyl (C=O) groups is 1. The number of rotatable bonds is 3. The number of amides is 1. The van der Waals surface area contributed by atoms with E-state index < -0.39 is 9.84 Å². The molecule has 1 aromatic carbocycles. The molecule has 5 nitrogen and oxygen atoms in total. The van der Waals surface area contributed by atoms with Crippen molar-refractivity contribution >= 4 is 21.4 Å². The van der Waals surface area contributed by atoms with Gasteiger partial charge in [-0.15, -0.1) is 0 Å². The van der Waals surface area contributed by atoms with Gasteiger partial charge in [-0.1, -0.05) is 0 Å². The van der Waals surface area contributed by atoms with E-state index in [4.69, 9.17) is 0 Å². The molecule has 2 heterocycles. The van der Waals surface area contributed by atoms with Gasteiger partial charge >= 0.3 is 0 Å². The van der Waals surface area contributed by atoms with Gasteiger partial charge in [-0.3, -0.25) is 4.79 Å². The minimum Gasteiger partial charge on any atom is -0.326 e. The summed E-state index contributed by atoms with van der Waals surface area (Å²) in [6.07, 6.45) is 4.30. The van der Waals surface area contributed by atoms with Gasteiger partial charge in [0.15, 0.2) is 9.84 Å². The quantitative estimate of drug-likeness (QED) is 0.877. The van der Waals surface area contributed by atoms with Gasteiger partial charge in [-0.25, -0.2) is 8.42 Å². The van der Waals surface area contributed by atoms with Crippen LogP contribution in [0.3, 0.4) is 0 Å². The van der Waals surface area contributed by atoms with Crippen molar-refractivity contribution in [3.05, 3.63) is 24.3 Å². The van der Waals surface area contributed by atoms with Crippen molar-refractivity contribution in [2.75, 3.05) is 11.6 Å².